The summed E-state index contributed by atoms with van der Waals surface area (Å²) in [4.78, 5) is 31.3. The summed E-state index contributed by atoms with van der Waals surface area (Å²) in [6.07, 6.45) is 1.61. The number of halogens is 1. The first-order chi connectivity index (χ1) is 13.5. The van der Waals surface area contributed by atoms with Gasteiger partial charge in [0.05, 0.1) is 5.69 Å². The summed E-state index contributed by atoms with van der Waals surface area (Å²) >= 11 is 0. The number of carbonyl (C=O) groups is 2. The Morgan fingerprint density at radius 1 is 1.00 bits per heavy atom. The quantitative estimate of drug-likeness (QED) is 0.575. The highest BCUT2D eigenvalue weighted by atomic mass is 19.1. The lowest BCUT2D eigenvalue weighted by atomic mass is 10.2. The van der Waals surface area contributed by atoms with Crippen molar-refractivity contribution in [2.24, 2.45) is 0 Å². The second-order valence-electron chi connectivity index (χ2n) is 6.93. The van der Waals surface area contributed by atoms with Gasteiger partial charge in [0.2, 0.25) is 5.91 Å². The number of anilines is 1. The fourth-order valence-corrected chi connectivity index (χ4v) is 3.51. The normalized spacial score (nSPS) is 18.1. The molecule has 0 aliphatic carbocycles. The van der Waals surface area contributed by atoms with E-state index in [1.807, 2.05) is 21.9 Å². The predicted octanol–water partition coefficient (Wildman–Crippen LogP) is 1.05. The Balaban J connectivity index is 1.58. The van der Waals surface area contributed by atoms with Gasteiger partial charge in [-0.05, 0) is 12.1 Å². The van der Waals surface area contributed by atoms with E-state index in [2.05, 4.69) is 0 Å². The number of carbonyl (C=O) groups excluding carboxylic acids is 2. The maximum absolute atomic E-state index is 13.9. The largest absolute Gasteiger partial charge is 0.373 e. The number of nitriles is 1. The Kier molecular flexibility index (Phi) is 6.14. The molecule has 2 heterocycles. The molecular formula is C20H24FN5O2. The number of para-hydroxylation sites is 1. The minimum Gasteiger partial charge on any atom is -0.373 e. The molecule has 0 N–H and O–H groups in total. The van der Waals surface area contributed by atoms with Gasteiger partial charge < -0.3 is 19.6 Å². The molecule has 28 heavy (non-hydrogen) atoms. The number of amides is 2. The van der Waals surface area contributed by atoms with Crippen LogP contribution in [0.3, 0.4) is 0 Å². The second-order valence-corrected chi connectivity index (χ2v) is 6.93. The van der Waals surface area contributed by atoms with Gasteiger partial charge in [-0.25, -0.2) is 4.39 Å². The van der Waals surface area contributed by atoms with E-state index < -0.39 is 0 Å². The molecule has 0 spiro atoms. The fourth-order valence-electron chi connectivity index (χ4n) is 3.51. The van der Waals surface area contributed by atoms with Crippen molar-refractivity contribution in [1.29, 1.82) is 5.26 Å². The van der Waals surface area contributed by atoms with Gasteiger partial charge in [-0.2, -0.15) is 5.26 Å². The third-order valence-electron chi connectivity index (χ3n) is 5.18. The van der Waals surface area contributed by atoms with Crippen molar-refractivity contribution >= 4 is 17.5 Å². The van der Waals surface area contributed by atoms with E-state index in [4.69, 9.17) is 0 Å². The van der Waals surface area contributed by atoms with Crippen LogP contribution >= 0.6 is 0 Å². The number of hydrogen-bond donors (Lipinski definition) is 0. The third kappa shape index (κ3) is 4.42. The zero-order valence-corrected chi connectivity index (χ0v) is 16.0. The first-order valence-electron chi connectivity index (χ1n) is 9.40. The summed E-state index contributed by atoms with van der Waals surface area (Å²) in [5, 5.41) is 9.45. The topological polar surface area (TPSA) is 70.9 Å². The highest BCUT2D eigenvalue weighted by Crippen LogP contribution is 2.20. The number of hydrogen-bond acceptors (Lipinski definition) is 5. The summed E-state index contributed by atoms with van der Waals surface area (Å²) in [5.41, 5.74) is 0.668. The highest BCUT2D eigenvalue weighted by Gasteiger charge is 2.26. The SMILES string of the molecule is CC(=O)N1CCN(C(=O)/C(C#N)=C\N2CCN(c3ccccc3F)CC2)CC1. The van der Waals surface area contributed by atoms with Crippen molar-refractivity contribution < 1.29 is 14.0 Å². The maximum Gasteiger partial charge on any atom is 0.266 e. The molecule has 1 aromatic carbocycles. The van der Waals surface area contributed by atoms with E-state index in [0.29, 0.717) is 58.0 Å². The molecule has 148 valence electrons. The molecule has 0 bridgehead atoms. The summed E-state index contributed by atoms with van der Waals surface area (Å²) in [5.74, 6) is -0.554. The van der Waals surface area contributed by atoms with E-state index in [0.717, 1.165) is 0 Å². The van der Waals surface area contributed by atoms with Crippen molar-refractivity contribution in [2.75, 3.05) is 57.3 Å². The van der Waals surface area contributed by atoms with Gasteiger partial charge in [0.25, 0.3) is 5.91 Å². The van der Waals surface area contributed by atoms with Crippen LogP contribution in [0.15, 0.2) is 36.0 Å². The zero-order chi connectivity index (χ0) is 20.1. The summed E-state index contributed by atoms with van der Waals surface area (Å²) < 4.78 is 13.9. The Morgan fingerprint density at radius 2 is 1.61 bits per heavy atom. The van der Waals surface area contributed by atoms with Crippen molar-refractivity contribution in [2.45, 2.75) is 6.92 Å². The Bertz CT molecular complexity index is 803. The van der Waals surface area contributed by atoms with Crippen LogP contribution in [-0.2, 0) is 9.59 Å². The number of rotatable bonds is 3. The molecule has 0 atom stereocenters. The molecule has 2 amide bonds. The van der Waals surface area contributed by atoms with Crippen LogP contribution < -0.4 is 4.90 Å². The van der Waals surface area contributed by atoms with Gasteiger partial charge in [-0.1, -0.05) is 12.1 Å². The number of piperazine rings is 2. The van der Waals surface area contributed by atoms with Crippen molar-refractivity contribution in [3.05, 3.63) is 41.9 Å². The number of benzene rings is 1. The van der Waals surface area contributed by atoms with Gasteiger partial charge in [0.1, 0.15) is 17.5 Å². The molecule has 8 heteroatoms. The van der Waals surface area contributed by atoms with Crippen LogP contribution in [0.5, 0.6) is 0 Å². The van der Waals surface area contributed by atoms with E-state index in [1.165, 1.54) is 13.0 Å². The molecule has 3 rings (SSSR count). The van der Waals surface area contributed by atoms with E-state index in [-0.39, 0.29) is 23.2 Å². The molecule has 0 radical (unpaired) electrons. The lowest BCUT2D eigenvalue weighted by Gasteiger charge is -2.36. The Hall–Kier alpha value is -3.08. The van der Waals surface area contributed by atoms with Crippen LogP contribution in [0.4, 0.5) is 10.1 Å². The minimum atomic E-state index is -0.303. The van der Waals surface area contributed by atoms with Gasteiger partial charge in [0.15, 0.2) is 0 Å². The number of nitrogens with zero attached hydrogens (tertiary/aromatic N) is 5. The van der Waals surface area contributed by atoms with Crippen molar-refractivity contribution in [3.63, 3.8) is 0 Å². The zero-order valence-electron chi connectivity index (χ0n) is 16.0. The van der Waals surface area contributed by atoms with Gasteiger partial charge in [0, 0.05) is 65.5 Å². The monoisotopic (exact) mass is 385 g/mol. The molecule has 2 fully saturated rings. The maximum atomic E-state index is 13.9. The first-order valence-corrected chi connectivity index (χ1v) is 9.40. The molecule has 2 saturated heterocycles. The van der Waals surface area contributed by atoms with Crippen molar-refractivity contribution in [3.8, 4) is 6.07 Å². The van der Waals surface area contributed by atoms with E-state index in [1.54, 1.807) is 28.1 Å². The molecule has 2 aliphatic rings. The molecular weight excluding hydrogens is 361 g/mol. The average Bonchev–Trinajstić information content (AvgIpc) is 2.72. The molecule has 0 saturated carbocycles. The molecule has 1 aromatic rings. The summed E-state index contributed by atoms with van der Waals surface area (Å²) in [6.45, 7) is 5.78. The molecule has 7 nitrogen and oxygen atoms in total. The van der Waals surface area contributed by atoms with Crippen molar-refractivity contribution in [1.82, 2.24) is 14.7 Å². The highest BCUT2D eigenvalue weighted by molar-refractivity contribution is 5.97. The van der Waals surface area contributed by atoms with Gasteiger partial charge >= 0.3 is 0 Å². The van der Waals surface area contributed by atoms with Crippen LogP contribution in [0, 0.1) is 17.1 Å². The second kappa shape index (κ2) is 8.74. The summed E-state index contributed by atoms with van der Waals surface area (Å²) in [7, 11) is 0. The summed E-state index contributed by atoms with van der Waals surface area (Å²) in [6, 6.07) is 8.68. The van der Waals surface area contributed by atoms with Gasteiger partial charge in [-0.3, -0.25) is 9.59 Å². The lowest BCUT2D eigenvalue weighted by Crippen LogP contribution is -2.50. The lowest BCUT2D eigenvalue weighted by molar-refractivity contribution is -0.136. The Morgan fingerprint density at radius 3 is 2.18 bits per heavy atom. The standard InChI is InChI=1S/C20H24FN5O2/c1-16(27)24-10-12-26(13-11-24)20(28)17(14-22)15-23-6-8-25(9-7-23)19-5-3-2-4-18(19)21/h2-5,15H,6-13H2,1H3/b17-15-. The van der Waals surface area contributed by atoms with Gasteiger partial charge in [-0.15, -0.1) is 0 Å². The first kappa shape index (κ1) is 19.7. The van der Waals surface area contributed by atoms with Crippen LogP contribution in [0.2, 0.25) is 0 Å². The predicted molar refractivity (Wildman–Crippen MR) is 103 cm³/mol. The average molecular weight is 385 g/mol. The molecule has 2 aliphatic heterocycles. The van der Waals surface area contributed by atoms with E-state index in [9.17, 15) is 19.2 Å². The van der Waals surface area contributed by atoms with Crippen LogP contribution in [0.25, 0.3) is 0 Å². The third-order valence-corrected chi connectivity index (χ3v) is 5.18. The smallest absolute Gasteiger partial charge is 0.266 e. The molecule has 0 aromatic heterocycles. The van der Waals surface area contributed by atoms with Crippen LogP contribution in [-0.4, -0.2) is 78.9 Å². The minimum absolute atomic E-state index is 0.00382. The Labute approximate surface area is 164 Å². The fraction of sp³-hybridized carbons (Fsp3) is 0.450. The molecule has 0 unspecified atom stereocenters. The van der Waals surface area contributed by atoms with Crippen LogP contribution in [0.1, 0.15) is 6.92 Å². The van der Waals surface area contributed by atoms with E-state index >= 15 is 0 Å².